The molecule has 7 heteroatoms. The van der Waals surface area contributed by atoms with Crippen molar-refractivity contribution >= 4 is 6.03 Å². The van der Waals surface area contributed by atoms with Crippen molar-refractivity contribution in [1.29, 1.82) is 0 Å². The topological polar surface area (TPSA) is 80.5 Å². The molecule has 0 unspecified atom stereocenters. The smallest absolute Gasteiger partial charge is 0.318 e. The predicted molar refractivity (Wildman–Crippen MR) is 100 cm³/mol. The summed E-state index contributed by atoms with van der Waals surface area (Å²) in [7, 11) is 1.62. The molecule has 2 fully saturated rings. The number of amides is 2. The van der Waals surface area contributed by atoms with Crippen molar-refractivity contribution in [1.82, 2.24) is 20.4 Å². The standard InChI is InChI=1S/C20H26N4O3/c1-26-17-12-6-5-10-15(17)18-22-19(27-23-18)16-11-7-13-24(16)20(25)21-14-8-3-2-4-9-14/h5-6,10,12,14,16H,2-4,7-9,11,13H2,1H3,(H,21,25)/t16-/m0/s1. The number of carbonyl (C=O) groups is 1. The van der Waals surface area contributed by atoms with Gasteiger partial charge >= 0.3 is 6.03 Å². The first kappa shape index (κ1) is 17.8. The third kappa shape index (κ3) is 3.77. The van der Waals surface area contributed by atoms with Crippen LogP contribution < -0.4 is 10.1 Å². The number of para-hydroxylation sites is 1. The number of benzene rings is 1. The van der Waals surface area contributed by atoms with E-state index in [-0.39, 0.29) is 12.1 Å². The van der Waals surface area contributed by atoms with E-state index in [4.69, 9.17) is 9.26 Å². The van der Waals surface area contributed by atoms with Crippen LogP contribution in [0, 0.1) is 0 Å². The second-order valence-electron chi connectivity index (χ2n) is 7.29. The van der Waals surface area contributed by atoms with Gasteiger partial charge in [-0.3, -0.25) is 0 Å². The van der Waals surface area contributed by atoms with Gasteiger partial charge in [-0.25, -0.2) is 4.79 Å². The maximum Gasteiger partial charge on any atom is 0.318 e. The molecule has 4 rings (SSSR count). The minimum absolute atomic E-state index is 0.0126. The first-order valence-electron chi connectivity index (χ1n) is 9.80. The summed E-state index contributed by atoms with van der Waals surface area (Å²) in [5, 5.41) is 7.32. The van der Waals surface area contributed by atoms with Gasteiger partial charge in [0.25, 0.3) is 0 Å². The third-order valence-electron chi connectivity index (χ3n) is 5.52. The summed E-state index contributed by atoms with van der Waals surface area (Å²) in [5.41, 5.74) is 0.784. The fraction of sp³-hybridized carbons (Fsp3) is 0.550. The van der Waals surface area contributed by atoms with Crippen molar-refractivity contribution in [2.45, 2.75) is 57.0 Å². The van der Waals surface area contributed by atoms with Gasteiger partial charge in [0.05, 0.1) is 12.7 Å². The van der Waals surface area contributed by atoms with Gasteiger partial charge in [0.1, 0.15) is 11.8 Å². The van der Waals surface area contributed by atoms with E-state index in [1.807, 2.05) is 29.2 Å². The summed E-state index contributed by atoms with van der Waals surface area (Å²) in [6, 6.07) is 7.69. The summed E-state index contributed by atoms with van der Waals surface area (Å²) in [6.45, 7) is 0.718. The highest BCUT2D eigenvalue weighted by Crippen LogP contribution is 2.34. The van der Waals surface area contributed by atoms with Gasteiger partial charge in [-0.05, 0) is 37.8 Å². The largest absolute Gasteiger partial charge is 0.496 e. The van der Waals surface area contributed by atoms with Gasteiger partial charge in [0.15, 0.2) is 0 Å². The molecular formula is C20H26N4O3. The minimum Gasteiger partial charge on any atom is -0.496 e. The van der Waals surface area contributed by atoms with Gasteiger partial charge in [0.2, 0.25) is 11.7 Å². The Labute approximate surface area is 159 Å². The van der Waals surface area contributed by atoms with E-state index in [0.717, 1.165) is 37.8 Å². The maximum atomic E-state index is 12.8. The van der Waals surface area contributed by atoms with Gasteiger partial charge in [-0.1, -0.05) is 36.6 Å². The zero-order valence-corrected chi connectivity index (χ0v) is 15.7. The number of hydrogen-bond donors (Lipinski definition) is 1. The van der Waals surface area contributed by atoms with Crippen molar-refractivity contribution in [2.24, 2.45) is 0 Å². The molecule has 0 spiro atoms. The summed E-state index contributed by atoms with van der Waals surface area (Å²) in [6.07, 6.45) is 7.58. The van der Waals surface area contributed by atoms with Crippen molar-refractivity contribution in [2.75, 3.05) is 13.7 Å². The minimum atomic E-state index is -0.162. The molecule has 2 aromatic rings. The third-order valence-corrected chi connectivity index (χ3v) is 5.52. The Morgan fingerprint density at radius 2 is 2.00 bits per heavy atom. The van der Waals surface area contributed by atoms with E-state index >= 15 is 0 Å². The number of hydrogen-bond acceptors (Lipinski definition) is 5. The van der Waals surface area contributed by atoms with Crippen LogP contribution in [0.4, 0.5) is 4.79 Å². The Kier molecular flexibility index (Phi) is 5.27. The highest BCUT2D eigenvalue weighted by Gasteiger charge is 2.35. The van der Waals surface area contributed by atoms with Crippen molar-refractivity contribution < 1.29 is 14.1 Å². The van der Waals surface area contributed by atoms with E-state index in [9.17, 15) is 4.79 Å². The molecule has 2 aliphatic rings. The lowest BCUT2D eigenvalue weighted by Crippen LogP contribution is -2.45. The van der Waals surface area contributed by atoms with Crippen LogP contribution in [0.3, 0.4) is 0 Å². The average Bonchev–Trinajstić information content (AvgIpc) is 3.38. The molecule has 1 aliphatic carbocycles. The maximum absolute atomic E-state index is 12.8. The monoisotopic (exact) mass is 370 g/mol. The lowest BCUT2D eigenvalue weighted by atomic mass is 9.96. The van der Waals surface area contributed by atoms with Crippen molar-refractivity contribution in [3.63, 3.8) is 0 Å². The molecule has 2 amide bonds. The number of rotatable bonds is 4. The second kappa shape index (κ2) is 7.98. The molecule has 144 valence electrons. The molecule has 2 heterocycles. The molecule has 1 aliphatic heterocycles. The number of nitrogens with one attached hydrogen (secondary N) is 1. The Bertz CT molecular complexity index is 785. The SMILES string of the molecule is COc1ccccc1-c1noc([C@@H]2CCCN2C(=O)NC2CCCCC2)n1. The predicted octanol–water partition coefficient (Wildman–Crippen LogP) is 3.92. The zero-order chi connectivity index (χ0) is 18.6. The Morgan fingerprint density at radius 1 is 1.19 bits per heavy atom. The van der Waals surface area contributed by atoms with E-state index < -0.39 is 0 Å². The van der Waals surface area contributed by atoms with E-state index in [0.29, 0.717) is 23.5 Å². The van der Waals surface area contributed by atoms with E-state index in [2.05, 4.69) is 15.5 Å². The van der Waals surface area contributed by atoms with Gasteiger partial charge in [-0.2, -0.15) is 4.98 Å². The number of likely N-dealkylation sites (tertiary alicyclic amines) is 1. The fourth-order valence-corrected chi connectivity index (χ4v) is 4.08. The fourth-order valence-electron chi connectivity index (χ4n) is 4.08. The first-order valence-corrected chi connectivity index (χ1v) is 9.80. The van der Waals surface area contributed by atoms with E-state index in [1.54, 1.807) is 7.11 Å². The zero-order valence-electron chi connectivity index (χ0n) is 15.7. The number of ether oxygens (including phenoxy) is 1. The summed E-state index contributed by atoms with van der Waals surface area (Å²) >= 11 is 0. The lowest BCUT2D eigenvalue weighted by molar-refractivity contribution is 0.173. The van der Waals surface area contributed by atoms with Crippen LogP contribution in [-0.4, -0.2) is 40.8 Å². The van der Waals surface area contributed by atoms with Crippen molar-refractivity contribution in [3.8, 4) is 17.1 Å². The molecule has 0 radical (unpaired) electrons. The highest BCUT2D eigenvalue weighted by atomic mass is 16.5. The van der Waals surface area contributed by atoms with Gasteiger partial charge in [0, 0.05) is 12.6 Å². The summed E-state index contributed by atoms with van der Waals surface area (Å²) < 4.78 is 10.9. The molecule has 1 aromatic heterocycles. The van der Waals surface area contributed by atoms with Crippen LogP contribution in [0.5, 0.6) is 5.75 Å². The molecule has 1 saturated carbocycles. The lowest BCUT2D eigenvalue weighted by Gasteiger charge is -2.28. The first-order chi connectivity index (χ1) is 13.3. The Hall–Kier alpha value is -2.57. The van der Waals surface area contributed by atoms with Crippen LogP contribution in [0.25, 0.3) is 11.4 Å². The van der Waals surface area contributed by atoms with Crippen LogP contribution in [-0.2, 0) is 0 Å². The highest BCUT2D eigenvalue weighted by molar-refractivity contribution is 5.75. The van der Waals surface area contributed by atoms with Crippen molar-refractivity contribution in [3.05, 3.63) is 30.2 Å². The molecule has 7 nitrogen and oxygen atoms in total. The summed E-state index contributed by atoms with van der Waals surface area (Å²) in [5.74, 6) is 1.68. The number of aromatic nitrogens is 2. The molecule has 0 bridgehead atoms. The number of carbonyl (C=O) groups excluding carboxylic acids is 1. The van der Waals surface area contributed by atoms with Gasteiger partial charge < -0.3 is 19.5 Å². The Morgan fingerprint density at radius 3 is 2.81 bits per heavy atom. The second-order valence-corrected chi connectivity index (χ2v) is 7.29. The average molecular weight is 370 g/mol. The molecular weight excluding hydrogens is 344 g/mol. The molecule has 1 aromatic carbocycles. The van der Waals surface area contributed by atoms with Crippen LogP contribution in [0.15, 0.2) is 28.8 Å². The molecule has 1 saturated heterocycles. The normalized spacial score (nSPS) is 20.6. The quantitative estimate of drug-likeness (QED) is 0.882. The number of urea groups is 1. The molecule has 1 atom stereocenters. The Balaban J connectivity index is 1.49. The summed E-state index contributed by atoms with van der Waals surface area (Å²) in [4.78, 5) is 19.2. The molecule has 1 N–H and O–H groups in total. The molecule has 27 heavy (non-hydrogen) atoms. The number of methoxy groups -OCH3 is 1. The van der Waals surface area contributed by atoms with E-state index in [1.165, 1.54) is 19.3 Å². The van der Waals surface area contributed by atoms with Crippen LogP contribution >= 0.6 is 0 Å². The number of nitrogens with zero attached hydrogens (tertiary/aromatic N) is 3. The van der Waals surface area contributed by atoms with Gasteiger partial charge in [-0.15, -0.1) is 0 Å². The van der Waals surface area contributed by atoms with Crippen LogP contribution in [0.2, 0.25) is 0 Å². The van der Waals surface area contributed by atoms with Crippen LogP contribution in [0.1, 0.15) is 56.9 Å².